The number of carboxylic acids is 1. The molecular formula is C48H32O31. The van der Waals surface area contributed by atoms with Gasteiger partial charge in [0.15, 0.2) is 99.2 Å². The van der Waals surface area contributed by atoms with Gasteiger partial charge in [0.1, 0.15) is 18.3 Å². The zero-order chi connectivity index (χ0) is 57.9. The van der Waals surface area contributed by atoms with E-state index >= 15 is 0 Å². The summed E-state index contributed by atoms with van der Waals surface area (Å²) in [6.07, 6.45) is -14.0. The smallest absolute Gasteiger partial charge is 0.339 e. The first kappa shape index (κ1) is 52.4. The molecule has 6 aromatic carbocycles. The fourth-order valence-corrected chi connectivity index (χ4v) is 8.78. The Balaban J connectivity index is 1.31. The molecule has 0 unspecified atom stereocenters. The molecule has 5 atom stereocenters. The summed E-state index contributed by atoms with van der Waals surface area (Å²) in [5.74, 6) is -38.9. The average Bonchev–Trinajstić information content (AvgIpc) is 3.50. The fourth-order valence-electron chi connectivity index (χ4n) is 8.78. The Hall–Kier alpha value is -11.5. The number of aliphatic hydroxyl groups is 1. The number of aromatic carboxylic acids is 1. The summed E-state index contributed by atoms with van der Waals surface area (Å²) in [5, 5.41) is 205. The molecule has 19 N–H and O–H groups in total. The molecule has 0 radical (unpaired) electrons. The van der Waals surface area contributed by atoms with E-state index in [9.17, 15) is 126 Å². The molecule has 0 aromatic heterocycles. The highest BCUT2D eigenvalue weighted by Gasteiger charge is 2.54. The maximum Gasteiger partial charge on any atom is 0.339 e. The van der Waals surface area contributed by atoms with Crippen LogP contribution in [0.15, 0.2) is 36.4 Å². The number of carboxylic acid groups (broad SMARTS) is 1. The molecule has 79 heavy (non-hydrogen) atoms. The minimum Gasteiger partial charge on any atom is -0.504 e. The molecule has 10 rings (SSSR count). The summed E-state index contributed by atoms with van der Waals surface area (Å²) < 4.78 is 33.2. The number of aromatic hydroxyl groups is 17. The molecule has 0 spiro atoms. The lowest BCUT2D eigenvalue weighted by Gasteiger charge is -2.40. The predicted molar refractivity (Wildman–Crippen MR) is 244 cm³/mol. The largest absolute Gasteiger partial charge is 0.504 e. The number of phenols is 17. The minimum absolute atomic E-state index is 0.241. The van der Waals surface area contributed by atoms with Crippen LogP contribution in [0.4, 0.5) is 0 Å². The van der Waals surface area contributed by atoms with Crippen LogP contribution in [0.2, 0.25) is 0 Å². The Bertz CT molecular complexity index is 3740. The second-order valence-corrected chi connectivity index (χ2v) is 17.1. The molecule has 6 aromatic rings. The van der Waals surface area contributed by atoms with Gasteiger partial charge < -0.3 is 125 Å². The average molecular weight is 1100 g/mol. The summed E-state index contributed by atoms with van der Waals surface area (Å²) in [5.41, 5.74) is -13.3. The molecule has 4 aliphatic rings. The summed E-state index contributed by atoms with van der Waals surface area (Å²) in [6, 6.07) is 2.15. The number of aliphatic hydroxyl groups excluding tert-OH is 1. The standard InChI is InChI=1S/C48H32O31/c49-13-1-8(2-14(50)26(13)54)44(69)76-19-7-74-45(70)11-6-18(75-39-12(43(67)68)5-17(53)29(57)38(39)66)30(58)33(61)21(11)20-9(3-15(51)27(55)31(20)59)46(71)77-40(19)42-41-36(64)25-24(48(73)78-41)23(34(62)37(65)35(25)63)22-10(47(72)79-42)4-16(52)28(56)32(22)60/h1-6,19,36,40-42,49-66H,7H2,(H,67,68)/t19-,36-,40-,41+,42+/m1/s1. The third kappa shape index (κ3) is 8.04. The third-order valence-corrected chi connectivity index (χ3v) is 12.5. The lowest BCUT2D eigenvalue weighted by Crippen LogP contribution is -2.56. The zero-order valence-electron chi connectivity index (χ0n) is 38.5. The number of fused-ring (bicyclic) bond motifs is 6. The van der Waals surface area contributed by atoms with Gasteiger partial charge in [-0.05, 0) is 24.3 Å². The van der Waals surface area contributed by atoms with Crippen LogP contribution in [0.25, 0.3) is 22.3 Å². The predicted octanol–water partition coefficient (Wildman–Crippen LogP) is 2.24. The van der Waals surface area contributed by atoms with Gasteiger partial charge in [-0.15, -0.1) is 0 Å². The van der Waals surface area contributed by atoms with Crippen LogP contribution in [0.3, 0.4) is 0 Å². The van der Waals surface area contributed by atoms with E-state index in [1.807, 2.05) is 0 Å². The van der Waals surface area contributed by atoms with Crippen LogP contribution >= 0.6 is 0 Å². The molecule has 31 nitrogen and oxygen atoms in total. The van der Waals surface area contributed by atoms with Crippen LogP contribution in [0.5, 0.6) is 109 Å². The fraction of sp³-hybridized carbons (Fsp3) is 0.125. The Morgan fingerprint density at radius 1 is 0.443 bits per heavy atom. The number of carbonyl (C=O) groups is 6. The van der Waals surface area contributed by atoms with E-state index in [0.717, 1.165) is 0 Å². The van der Waals surface area contributed by atoms with E-state index in [4.69, 9.17) is 28.4 Å². The van der Waals surface area contributed by atoms with Gasteiger partial charge in [0.25, 0.3) is 0 Å². The van der Waals surface area contributed by atoms with E-state index < -0.39 is 243 Å². The number of rotatable bonds is 6. The van der Waals surface area contributed by atoms with Crippen LogP contribution in [0, 0.1) is 0 Å². The maximum atomic E-state index is 15.0. The summed E-state index contributed by atoms with van der Waals surface area (Å²) >= 11 is 0. The van der Waals surface area contributed by atoms with Crippen molar-refractivity contribution in [1.82, 2.24) is 0 Å². The highest BCUT2D eigenvalue weighted by atomic mass is 16.6. The Morgan fingerprint density at radius 3 is 1.46 bits per heavy atom. The van der Waals surface area contributed by atoms with Gasteiger partial charge in [0, 0.05) is 39.9 Å². The summed E-state index contributed by atoms with van der Waals surface area (Å²) in [7, 11) is 0. The first-order chi connectivity index (χ1) is 37.1. The highest BCUT2D eigenvalue weighted by molar-refractivity contribution is 6.11. The molecule has 0 fully saturated rings. The quantitative estimate of drug-likeness (QED) is 0.0646. The van der Waals surface area contributed by atoms with Gasteiger partial charge in [0.05, 0.1) is 27.8 Å². The summed E-state index contributed by atoms with van der Waals surface area (Å²) in [6.45, 7) is -1.66. The van der Waals surface area contributed by atoms with Crippen molar-refractivity contribution in [3.8, 4) is 131 Å². The molecule has 410 valence electrons. The topological polar surface area (TPSA) is 542 Å². The number of phenolic OH excluding ortho intramolecular Hbond substituents is 17. The van der Waals surface area contributed by atoms with Gasteiger partial charge in [0.2, 0.25) is 34.5 Å². The Labute approximate surface area is 433 Å². The Kier molecular flexibility index (Phi) is 12.2. The lowest BCUT2D eigenvalue weighted by molar-refractivity contribution is -0.154. The molecule has 4 bridgehead atoms. The number of carbonyl (C=O) groups excluding carboxylic acids is 5. The molecule has 4 aliphatic heterocycles. The number of hydrogen-bond acceptors (Lipinski definition) is 30. The van der Waals surface area contributed by atoms with Crippen LogP contribution in [0.1, 0.15) is 73.8 Å². The van der Waals surface area contributed by atoms with Crippen molar-refractivity contribution in [2.45, 2.75) is 30.5 Å². The second kappa shape index (κ2) is 18.4. The van der Waals surface area contributed by atoms with Crippen LogP contribution in [-0.2, 0) is 23.7 Å². The van der Waals surface area contributed by atoms with Crippen LogP contribution in [-0.4, -0.2) is 164 Å². The van der Waals surface area contributed by atoms with E-state index in [-0.39, 0.29) is 6.07 Å². The van der Waals surface area contributed by atoms with Crippen LogP contribution < -0.4 is 4.74 Å². The van der Waals surface area contributed by atoms with Crippen molar-refractivity contribution in [3.63, 3.8) is 0 Å². The Morgan fingerprint density at radius 2 is 0.899 bits per heavy atom. The van der Waals surface area contributed by atoms with Gasteiger partial charge in [-0.25, -0.2) is 28.8 Å². The molecule has 31 heteroatoms. The minimum atomic E-state index is -2.93. The van der Waals surface area contributed by atoms with E-state index in [1.54, 1.807) is 0 Å². The lowest BCUT2D eigenvalue weighted by atomic mass is 9.82. The molecule has 0 saturated carbocycles. The second-order valence-electron chi connectivity index (χ2n) is 17.1. The van der Waals surface area contributed by atoms with Crippen molar-refractivity contribution in [1.29, 1.82) is 0 Å². The van der Waals surface area contributed by atoms with Crippen molar-refractivity contribution in [3.05, 3.63) is 75.3 Å². The SMILES string of the molecule is O=C(O[C@@H]1COC(=O)c2cc(Oc3c(C(=O)O)cc(O)c(O)c3O)c(O)c(O)c2-c2c(cc(O)c(O)c2O)C(=O)O[C@H]1[C@@H]1OC(=O)c2cc(O)c(O)c(O)c2-c2c(O)c(O)c(O)c3c2C(=O)O[C@H]1[C@@H]3O)c1cc(O)c(O)c(O)c1. The van der Waals surface area contributed by atoms with Gasteiger partial charge in [-0.3, -0.25) is 0 Å². The normalized spacial score (nSPS) is 18.5. The summed E-state index contributed by atoms with van der Waals surface area (Å²) in [4.78, 5) is 84.6. The monoisotopic (exact) mass is 1100 g/mol. The molecule has 0 amide bonds. The van der Waals surface area contributed by atoms with Crippen molar-refractivity contribution < 1.29 is 154 Å². The van der Waals surface area contributed by atoms with Gasteiger partial charge in [-0.2, -0.15) is 0 Å². The molecule has 0 saturated heterocycles. The number of benzene rings is 6. The third-order valence-electron chi connectivity index (χ3n) is 12.5. The number of hydrogen-bond donors (Lipinski definition) is 19. The number of ether oxygens (including phenoxy) is 6. The zero-order valence-corrected chi connectivity index (χ0v) is 38.5. The van der Waals surface area contributed by atoms with E-state index in [1.165, 1.54) is 0 Å². The number of cyclic esters (lactones) is 2. The number of esters is 5. The van der Waals surface area contributed by atoms with Crippen molar-refractivity contribution in [2.75, 3.05) is 6.61 Å². The first-order valence-corrected chi connectivity index (χ1v) is 21.7. The highest BCUT2D eigenvalue weighted by Crippen LogP contribution is 2.59. The first-order valence-electron chi connectivity index (χ1n) is 21.7. The van der Waals surface area contributed by atoms with Gasteiger partial charge in [-0.1, -0.05) is 0 Å². The molecular weight excluding hydrogens is 1070 g/mol. The van der Waals surface area contributed by atoms with Crippen molar-refractivity contribution >= 4 is 35.8 Å². The maximum absolute atomic E-state index is 15.0. The van der Waals surface area contributed by atoms with E-state index in [0.29, 0.717) is 30.3 Å². The molecule has 4 heterocycles. The molecule has 0 aliphatic carbocycles. The van der Waals surface area contributed by atoms with E-state index in [2.05, 4.69) is 0 Å². The van der Waals surface area contributed by atoms with Crippen molar-refractivity contribution in [2.24, 2.45) is 0 Å². The van der Waals surface area contributed by atoms with Gasteiger partial charge >= 0.3 is 35.8 Å².